The zero-order chi connectivity index (χ0) is 19.0. The van der Waals surface area contributed by atoms with E-state index in [4.69, 9.17) is 19.0 Å². The van der Waals surface area contributed by atoms with Gasteiger partial charge in [0.15, 0.2) is 6.04 Å². The van der Waals surface area contributed by atoms with Gasteiger partial charge < -0.3 is 28.7 Å². The van der Waals surface area contributed by atoms with Gasteiger partial charge in [-0.15, -0.1) is 0 Å². The highest BCUT2D eigenvalue weighted by molar-refractivity contribution is 8.06. The van der Waals surface area contributed by atoms with Crippen LogP contribution in [0.1, 0.15) is 34.1 Å². The molecule has 0 spiro atoms. The molecule has 0 aliphatic carbocycles. The van der Waals surface area contributed by atoms with E-state index in [9.17, 15) is 14.5 Å². The van der Waals surface area contributed by atoms with E-state index in [-0.39, 0.29) is 13.0 Å². The minimum atomic E-state index is -3.93. The lowest BCUT2D eigenvalue weighted by Crippen LogP contribution is -2.50. The maximum atomic E-state index is 12.0. The molecule has 138 valence electrons. The monoisotopic (exact) mass is 381 g/mol. The molecular weight excluding hydrogens is 359 g/mol. The van der Waals surface area contributed by atoms with E-state index in [0.29, 0.717) is 0 Å². The van der Waals surface area contributed by atoms with Gasteiger partial charge in [-0.05, 0) is 27.7 Å². The zero-order valence-electron chi connectivity index (χ0n) is 14.2. The standard InChI is InChI=1S/C13H23N2O7PS/c1-9(22-23(18,24)20-8-6-7-14)10(11(16)19-5)15-12(17)21-13(2,3)4/h9-10H,6,8H2,1-5H3,(H,15,17)(H,18,24)/p-1. The van der Waals surface area contributed by atoms with Crippen molar-refractivity contribution in [1.82, 2.24) is 5.32 Å². The van der Waals surface area contributed by atoms with Crippen LogP contribution < -0.4 is 10.2 Å². The van der Waals surface area contributed by atoms with Gasteiger partial charge >= 0.3 is 12.1 Å². The second kappa shape index (κ2) is 9.91. The number of nitrogens with one attached hydrogen (secondary N) is 1. The number of carbonyl (C=O) groups excluding carboxylic acids is 2. The Morgan fingerprint density at radius 1 is 1.42 bits per heavy atom. The summed E-state index contributed by atoms with van der Waals surface area (Å²) in [6.45, 7) is 2.22. The molecule has 3 atom stereocenters. The molecule has 0 radical (unpaired) electrons. The van der Waals surface area contributed by atoms with Crippen molar-refractivity contribution in [2.75, 3.05) is 13.7 Å². The fraction of sp³-hybridized carbons (Fsp3) is 0.769. The Bertz CT molecular complexity index is 529. The second-order valence-electron chi connectivity index (χ2n) is 5.65. The van der Waals surface area contributed by atoms with Crippen LogP contribution in [0.2, 0.25) is 0 Å². The van der Waals surface area contributed by atoms with Crippen molar-refractivity contribution in [2.45, 2.75) is 51.9 Å². The lowest BCUT2D eigenvalue weighted by atomic mass is 10.2. The molecular formula is C13H22N2O7PS-. The summed E-state index contributed by atoms with van der Waals surface area (Å²) in [5.74, 6) is -0.833. The fourth-order valence-electron chi connectivity index (χ4n) is 1.43. The van der Waals surface area contributed by atoms with Crippen LogP contribution in [0.4, 0.5) is 4.79 Å². The number of esters is 1. The van der Waals surface area contributed by atoms with Gasteiger partial charge in [0.25, 0.3) is 0 Å². The predicted octanol–water partition coefficient (Wildman–Crippen LogP) is 0.973. The normalized spacial score (nSPS) is 16.2. The number of amides is 1. The Balaban J connectivity index is 4.92. The second-order valence-corrected chi connectivity index (χ2v) is 8.35. The molecule has 9 nitrogen and oxygen atoms in total. The van der Waals surface area contributed by atoms with Crippen LogP contribution in [0.3, 0.4) is 0 Å². The largest absolute Gasteiger partial charge is 0.780 e. The molecule has 0 heterocycles. The number of carbonyl (C=O) groups is 2. The van der Waals surface area contributed by atoms with Gasteiger partial charge in [0, 0.05) is 0 Å². The van der Waals surface area contributed by atoms with E-state index in [1.165, 1.54) is 6.92 Å². The Morgan fingerprint density at radius 2 is 2.00 bits per heavy atom. The molecule has 3 unspecified atom stereocenters. The minimum absolute atomic E-state index is 0.0189. The summed E-state index contributed by atoms with van der Waals surface area (Å²) in [5.41, 5.74) is -0.775. The fourth-order valence-corrected chi connectivity index (χ4v) is 2.96. The predicted molar refractivity (Wildman–Crippen MR) is 86.2 cm³/mol. The van der Waals surface area contributed by atoms with Gasteiger partial charge in [-0.2, -0.15) is 5.26 Å². The zero-order valence-corrected chi connectivity index (χ0v) is 15.9. The molecule has 0 fully saturated rings. The summed E-state index contributed by atoms with van der Waals surface area (Å²) >= 11 is 4.68. The number of nitrogens with zero attached hydrogens (tertiary/aromatic N) is 1. The van der Waals surface area contributed by atoms with E-state index < -0.39 is 36.5 Å². The molecule has 0 aromatic rings. The van der Waals surface area contributed by atoms with Crippen molar-refractivity contribution in [3.63, 3.8) is 0 Å². The number of methoxy groups -OCH3 is 1. The lowest BCUT2D eigenvalue weighted by molar-refractivity contribution is -0.211. The molecule has 0 bridgehead atoms. The van der Waals surface area contributed by atoms with Crippen LogP contribution in [0.5, 0.6) is 0 Å². The summed E-state index contributed by atoms with van der Waals surface area (Å²) in [6.07, 6.45) is -2.01. The molecule has 0 rings (SSSR count). The van der Waals surface area contributed by atoms with Crippen molar-refractivity contribution in [3.8, 4) is 6.07 Å². The third kappa shape index (κ3) is 9.80. The van der Waals surface area contributed by atoms with E-state index in [1.807, 2.05) is 0 Å². The maximum absolute atomic E-state index is 12.0. The lowest BCUT2D eigenvalue weighted by Gasteiger charge is -2.33. The molecule has 0 saturated carbocycles. The number of hydrogen-bond acceptors (Lipinski definition) is 9. The smallest absolute Gasteiger partial charge is 0.408 e. The van der Waals surface area contributed by atoms with Gasteiger partial charge in [-0.1, -0.05) is 11.8 Å². The summed E-state index contributed by atoms with van der Waals surface area (Å²) in [4.78, 5) is 35.6. The first-order valence-electron chi connectivity index (χ1n) is 7.00. The number of hydrogen-bond donors (Lipinski definition) is 1. The molecule has 0 saturated heterocycles. The van der Waals surface area contributed by atoms with E-state index in [0.717, 1.165) is 7.11 Å². The summed E-state index contributed by atoms with van der Waals surface area (Å²) in [7, 11) is 1.12. The maximum Gasteiger partial charge on any atom is 0.408 e. The van der Waals surface area contributed by atoms with Crippen molar-refractivity contribution >= 4 is 30.6 Å². The third-order valence-electron chi connectivity index (χ3n) is 2.36. The number of alkyl carbamates (subject to hydrolysis) is 1. The molecule has 0 aromatic heterocycles. The van der Waals surface area contributed by atoms with E-state index >= 15 is 0 Å². The van der Waals surface area contributed by atoms with Crippen LogP contribution in [0.25, 0.3) is 0 Å². The van der Waals surface area contributed by atoms with Gasteiger partial charge in [-0.25, -0.2) is 9.59 Å². The van der Waals surface area contributed by atoms with Crippen molar-refractivity contribution in [3.05, 3.63) is 0 Å². The molecule has 0 aliphatic heterocycles. The van der Waals surface area contributed by atoms with Crippen LogP contribution in [0.15, 0.2) is 0 Å². The van der Waals surface area contributed by atoms with E-state index in [2.05, 4.69) is 21.9 Å². The number of nitriles is 1. The summed E-state index contributed by atoms with van der Waals surface area (Å²) < 4.78 is 19.5. The first-order chi connectivity index (χ1) is 10.9. The van der Waals surface area contributed by atoms with Crippen molar-refractivity contribution in [1.29, 1.82) is 5.26 Å². The van der Waals surface area contributed by atoms with Crippen LogP contribution in [0, 0.1) is 11.3 Å². The highest BCUT2D eigenvalue weighted by Gasteiger charge is 2.32. The van der Waals surface area contributed by atoms with Gasteiger partial charge in [0.1, 0.15) is 12.3 Å². The Kier molecular flexibility index (Phi) is 9.40. The highest BCUT2D eigenvalue weighted by atomic mass is 32.5. The first-order valence-corrected chi connectivity index (χ1v) is 9.55. The van der Waals surface area contributed by atoms with Gasteiger partial charge in [0.05, 0.1) is 32.3 Å². The van der Waals surface area contributed by atoms with Gasteiger partial charge in [0.2, 0.25) is 0 Å². The molecule has 11 heteroatoms. The highest BCUT2D eigenvalue weighted by Crippen LogP contribution is 2.40. The number of rotatable bonds is 8. The number of ether oxygens (including phenoxy) is 2. The molecule has 1 N–H and O–H groups in total. The molecule has 1 amide bonds. The Labute approximate surface area is 146 Å². The van der Waals surface area contributed by atoms with Crippen LogP contribution in [-0.4, -0.2) is 43.5 Å². The van der Waals surface area contributed by atoms with Crippen LogP contribution >= 0.6 is 6.72 Å². The minimum Gasteiger partial charge on any atom is -0.780 e. The average molecular weight is 381 g/mol. The third-order valence-corrected chi connectivity index (χ3v) is 4.02. The average Bonchev–Trinajstić information content (AvgIpc) is 2.41. The van der Waals surface area contributed by atoms with Crippen molar-refractivity contribution < 1.29 is 33.0 Å². The van der Waals surface area contributed by atoms with Gasteiger partial charge in [-0.3, -0.25) is 0 Å². The summed E-state index contributed by atoms with van der Waals surface area (Å²) in [6, 6.07) is 0.491. The molecule has 0 aromatic carbocycles. The van der Waals surface area contributed by atoms with Crippen LogP contribution in [-0.2, 0) is 35.1 Å². The Morgan fingerprint density at radius 3 is 2.46 bits per heavy atom. The molecule has 0 aliphatic rings. The molecule has 24 heavy (non-hydrogen) atoms. The topological polar surface area (TPSA) is 130 Å². The SMILES string of the molecule is COC(=O)C(NC(=O)OC(C)(C)C)C(C)OP([O-])(=S)OCCC#N. The van der Waals surface area contributed by atoms with Crippen molar-refractivity contribution in [2.24, 2.45) is 0 Å². The summed E-state index contributed by atoms with van der Waals surface area (Å²) in [5, 5.41) is 10.7. The quantitative estimate of drug-likeness (QED) is 0.371. The Hall–Kier alpha value is -1.24. The first kappa shape index (κ1) is 22.8. The van der Waals surface area contributed by atoms with E-state index in [1.54, 1.807) is 26.8 Å².